The molecule has 3 aromatic carbocycles. The van der Waals surface area contributed by atoms with Crippen LogP contribution in [0.3, 0.4) is 0 Å². The van der Waals surface area contributed by atoms with E-state index in [2.05, 4.69) is 49.4 Å². The SMILES string of the molecule is COc1ccc(Cc2cccc(C)c2Cc2ccc(OC)cc2)cc1. The fraction of sp³-hybridized carbons (Fsp3) is 0.217. The second-order valence-electron chi connectivity index (χ2n) is 6.26. The topological polar surface area (TPSA) is 18.5 Å². The monoisotopic (exact) mass is 332 g/mol. The van der Waals surface area contributed by atoms with Gasteiger partial charge in [0.25, 0.3) is 0 Å². The van der Waals surface area contributed by atoms with Crippen molar-refractivity contribution in [3.8, 4) is 11.5 Å². The minimum Gasteiger partial charge on any atom is -0.497 e. The van der Waals surface area contributed by atoms with Crippen molar-refractivity contribution in [2.45, 2.75) is 19.8 Å². The number of aryl methyl sites for hydroxylation is 1. The first kappa shape index (κ1) is 17.1. The first-order chi connectivity index (χ1) is 12.2. The number of hydrogen-bond acceptors (Lipinski definition) is 2. The van der Waals surface area contributed by atoms with Gasteiger partial charge in [0.15, 0.2) is 0 Å². The molecule has 3 aromatic rings. The Morgan fingerprint density at radius 2 is 1.16 bits per heavy atom. The minimum absolute atomic E-state index is 0.895. The van der Waals surface area contributed by atoms with Crippen molar-refractivity contribution in [2.75, 3.05) is 14.2 Å². The lowest BCUT2D eigenvalue weighted by Gasteiger charge is -2.14. The summed E-state index contributed by atoms with van der Waals surface area (Å²) in [5.41, 5.74) is 6.71. The molecule has 0 unspecified atom stereocenters. The second-order valence-corrected chi connectivity index (χ2v) is 6.26. The molecule has 0 bridgehead atoms. The van der Waals surface area contributed by atoms with Crippen LogP contribution in [0.15, 0.2) is 66.7 Å². The molecule has 0 fully saturated rings. The van der Waals surface area contributed by atoms with Gasteiger partial charge < -0.3 is 9.47 Å². The first-order valence-electron chi connectivity index (χ1n) is 8.53. The number of methoxy groups -OCH3 is 2. The van der Waals surface area contributed by atoms with E-state index in [1.807, 2.05) is 24.3 Å². The predicted molar refractivity (Wildman–Crippen MR) is 103 cm³/mol. The average molecular weight is 332 g/mol. The molecule has 0 aliphatic rings. The predicted octanol–water partition coefficient (Wildman–Crippen LogP) is 5.19. The Morgan fingerprint density at radius 1 is 0.640 bits per heavy atom. The van der Waals surface area contributed by atoms with Gasteiger partial charge in [0, 0.05) is 0 Å². The molecule has 128 valence electrons. The Labute approximate surface area is 150 Å². The number of benzene rings is 3. The molecule has 25 heavy (non-hydrogen) atoms. The molecule has 0 amide bonds. The standard InChI is InChI=1S/C23H24O2/c1-17-5-4-6-20(15-18-7-11-21(24-2)12-8-18)23(17)16-19-9-13-22(25-3)14-10-19/h4-14H,15-16H2,1-3H3. The molecule has 0 saturated carbocycles. The zero-order valence-electron chi connectivity index (χ0n) is 15.1. The Kier molecular flexibility index (Phi) is 5.39. The van der Waals surface area contributed by atoms with Crippen molar-refractivity contribution >= 4 is 0 Å². The molecule has 2 heteroatoms. The zero-order chi connectivity index (χ0) is 17.6. The molecular weight excluding hydrogens is 308 g/mol. The largest absolute Gasteiger partial charge is 0.497 e. The van der Waals surface area contributed by atoms with E-state index in [0.717, 1.165) is 24.3 Å². The summed E-state index contributed by atoms with van der Waals surface area (Å²) in [5.74, 6) is 1.79. The summed E-state index contributed by atoms with van der Waals surface area (Å²) in [4.78, 5) is 0. The first-order valence-corrected chi connectivity index (χ1v) is 8.53. The quantitative estimate of drug-likeness (QED) is 0.618. The summed E-state index contributed by atoms with van der Waals surface area (Å²) in [7, 11) is 3.39. The normalized spacial score (nSPS) is 10.5. The van der Waals surface area contributed by atoms with Gasteiger partial charge >= 0.3 is 0 Å². The molecule has 0 saturated heterocycles. The van der Waals surface area contributed by atoms with Crippen LogP contribution in [0.1, 0.15) is 27.8 Å². The van der Waals surface area contributed by atoms with Gasteiger partial charge in [-0.05, 0) is 71.8 Å². The molecule has 0 N–H and O–H groups in total. The van der Waals surface area contributed by atoms with Crippen molar-refractivity contribution < 1.29 is 9.47 Å². The molecule has 0 spiro atoms. The van der Waals surface area contributed by atoms with Crippen LogP contribution in [-0.4, -0.2) is 14.2 Å². The molecule has 0 aromatic heterocycles. The van der Waals surface area contributed by atoms with Crippen molar-refractivity contribution in [2.24, 2.45) is 0 Å². The van der Waals surface area contributed by atoms with Gasteiger partial charge in [-0.3, -0.25) is 0 Å². The van der Waals surface area contributed by atoms with Gasteiger partial charge in [0.05, 0.1) is 14.2 Å². The van der Waals surface area contributed by atoms with E-state index in [0.29, 0.717) is 0 Å². The zero-order valence-corrected chi connectivity index (χ0v) is 15.1. The summed E-state index contributed by atoms with van der Waals surface area (Å²) >= 11 is 0. The molecule has 0 aliphatic carbocycles. The summed E-state index contributed by atoms with van der Waals surface area (Å²) in [6, 6.07) is 23.2. The summed E-state index contributed by atoms with van der Waals surface area (Å²) < 4.78 is 10.5. The third-order valence-corrected chi connectivity index (χ3v) is 4.60. The maximum atomic E-state index is 5.25. The van der Waals surface area contributed by atoms with Crippen molar-refractivity contribution in [3.63, 3.8) is 0 Å². The van der Waals surface area contributed by atoms with Gasteiger partial charge in [-0.25, -0.2) is 0 Å². The van der Waals surface area contributed by atoms with E-state index in [9.17, 15) is 0 Å². The fourth-order valence-corrected chi connectivity index (χ4v) is 3.09. The highest BCUT2D eigenvalue weighted by atomic mass is 16.5. The van der Waals surface area contributed by atoms with E-state index in [4.69, 9.17) is 9.47 Å². The number of rotatable bonds is 6. The summed E-state index contributed by atoms with van der Waals surface area (Å²) in [6.07, 6.45) is 1.86. The highest BCUT2D eigenvalue weighted by Gasteiger charge is 2.08. The summed E-state index contributed by atoms with van der Waals surface area (Å²) in [5, 5.41) is 0. The highest BCUT2D eigenvalue weighted by Crippen LogP contribution is 2.23. The van der Waals surface area contributed by atoms with Crippen LogP contribution in [0.2, 0.25) is 0 Å². The molecule has 0 aliphatic heterocycles. The number of ether oxygens (including phenoxy) is 2. The van der Waals surface area contributed by atoms with Crippen molar-refractivity contribution in [1.29, 1.82) is 0 Å². The van der Waals surface area contributed by atoms with Crippen molar-refractivity contribution in [1.82, 2.24) is 0 Å². The lowest BCUT2D eigenvalue weighted by Crippen LogP contribution is -2.00. The molecule has 2 nitrogen and oxygen atoms in total. The van der Waals surface area contributed by atoms with Crippen LogP contribution in [0.5, 0.6) is 11.5 Å². The third-order valence-electron chi connectivity index (χ3n) is 4.60. The van der Waals surface area contributed by atoms with Crippen LogP contribution in [0, 0.1) is 6.92 Å². The summed E-state index contributed by atoms with van der Waals surface area (Å²) in [6.45, 7) is 2.19. The lowest BCUT2D eigenvalue weighted by molar-refractivity contribution is 0.414. The highest BCUT2D eigenvalue weighted by molar-refractivity contribution is 5.42. The Hall–Kier alpha value is -2.74. The molecular formula is C23H24O2. The fourth-order valence-electron chi connectivity index (χ4n) is 3.09. The van der Waals surface area contributed by atoms with Gasteiger partial charge in [-0.15, -0.1) is 0 Å². The van der Waals surface area contributed by atoms with Gasteiger partial charge in [-0.1, -0.05) is 42.5 Å². The van der Waals surface area contributed by atoms with Crippen LogP contribution < -0.4 is 9.47 Å². The minimum atomic E-state index is 0.895. The van der Waals surface area contributed by atoms with E-state index in [-0.39, 0.29) is 0 Å². The van der Waals surface area contributed by atoms with E-state index in [1.54, 1.807) is 14.2 Å². The molecule has 0 heterocycles. The Balaban J connectivity index is 1.85. The van der Waals surface area contributed by atoms with Crippen LogP contribution >= 0.6 is 0 Å². The average Bonchev–Trinajstić information content (AvgIpc) is 2.66. The van der Waals surface area contributed by atoms with Crippen LogP contribution in [0.4, 0.5) is 0 Å². The van der Waals surface area contributed by atoms with Crippen LogP contribution in [-0.2, 0) is 12.8 Å². The second kappa shape index (κ2) is 7.89. The van der Waals surface area contributed by atoms with Gasteiger partial charge in [-0.2, -0.15) is 0 Å². The molecule has 0 radical (unpaired) electrons. The Morgan fingerprint density at radius 3 is 1.68 bits per heavy atom. The van der Waals surface area contributed by atoms with E-state index < -0.39 is 0 Å². The van der Waals surface area contributed by atoms with Gasteiger partial charge in [0.1, 0.15) is 11.5 Å². The van der Waals surface area contributed by atoms with Gasteiger partial charge in [0.2, 0.25) is 0 Å². The smallest absolute Gasteiger partial charge is 0.118 e. The maximum absolute atomic E-state index is 5.25. The third kappa shape index (κ3) is 4.21. The Bertz CT molecular complexity index is 818. The van der Waals surface area contributed by atoms with Crippen molar-refractivity contribution in [3.05, 3.63) is 94.5 Å². The molecule has 3 rings (SSSR count). The number of hydrogen-bond donors (Lipinski definition) is 0. The van der Waals surface area contributed by atoms with E-state index >= 15 is 0 Å². The lowest BCUT2D eigenvalue weighted by atomic mass is 9.92. The van der Waals surface area contributed by atoms with E-state index in [1.165, 1.54) is 27.8 Å². The molecule has 0 atom stereocenters. The maximum Gasteiger partial charge on any atom is 0.118 e. The van der Waals surface area contributed by atoms with Crippen LogP contribution in [0.25, 0.3) is 0 Å².